The summed E-state index contributed by atoms with van der Waals surface area (Å²) < 4.78 is 0. The van der Waals surface area contributed by atoms with Gasteiger partial charge in [0.15, 0.2) is 0 Å². The van der Waals surface area contributed by atoms with Crippen LogP contribution in [0.15, 0.2) is 35.0 Å². The van der Waals surface area contributed by atoms with Crippen LogP contribution < -0.4 is 0 Å². The average Bonchev–Trinajstić information content (AvgIpc) is 2.75. The molecule has 2 heteroatoms. The van der Waals surface area contributed by atoms with E-state index in [1.54, 1.807) is 6.20 Å². The van der Waals surface area contributed by atoms with E-state index in [-0.39, 0.29) is 0 Å². The largest absolute Gasteiger partial charge is 0.381 e. The van der Waals surface area contributed by atoms with Crippen molar-refractivity contribution >= 4 is 6.21 Å². The summed E-state index contributed by atoms with van der Waals surface area (Å²) in [6.07, 6.45) is 4.33. The molecule has 1 aliphatic heterocycles. The zero-order valence-electron chi connectivity index (χ0n) is 9.99. The molecule has 16 heavy (non-hydrogen) atoms. The predicted molar refractivity (Wildman–Crippen MR) is 66.7 cm³/mol. The Balaban J connectivity index is 2.47. The van der Waals surface area contributed by atoms with Crippen molar-refractivity contribution < 1.29 is 5.11 Å². The third-order valence-electron chi connectivity index (χ3n) is 3.40. The number of aliphatic hydroxyl groups is 1. The molecule has 0 radical (unpaired) electrons. The van der Waals surface area contributed by atoms with Crippen LogP contribution in [0.1, 0.15) is 30.0 Å². The lowest BCUT2D eigenvalue weighted by Gasteiger charge is -2.27. The molecule has 0 aromatic heterocycles. The molecule has 1 heterocycles. The topological polar surface area (TPSA) is 32.6 Å². The van der Waals surface area contributed by atoms with Crippen LogP contribution in [0.3, 0.4) is 0 Å². The lowest BCUT2D eigenvalue weighted by molar-refractivity contribution is 0.0955. The average molecular weight is 215 g/mol. The molecule has 0 bridgehead atoms. The van der Waals surface area contributed by atoms with E-state index < -0.39 is 5.60 Å². The summed E-state index contributed by atoms with van der Waals surface area (Å²) in [7, 11) is 0. The molecular formula is C14H17NO. The third kappa shape index (κ3) is 1.69. The van der Waals surface area contributed by atoms with E-state index in [1.165, 1.54) is 5.56 Å². The van der Waals surface area contributed by atoms with Crippen LogP contribution in [0.2, 0.25) is 0 Å². The van der Waals surface area contributed by atoms with Gasteiger partial charge in [0.2, 0.25) is 0 Å². The molecule has 1 N–H and O–H groups in total. The Morgan fingerprint density at radius 3 is 2.69 bits per heavy atom. The predicted octanol–water partition coefficient (Wildman–Crippen LogP) is 2.87. The summed E-state index contributed by atoms with van der Waals surface area (Å²) in [6, 6.07) is 6.04. The van der Waals surface area contributed by atoms with E-state index in [4.69, 9.17) is 0 Å². The first-order valence-electron chi connectivity index (χ1n) is 5.53. The summed E-state index contributed by atoms with van der Waals surface area (Å²) in [5, 5.41) is 10.6. The lowest BCUT2D eigenvalue weighted by Crippen LogP contribution is -2.25. The molecule has 0 spiro atoms. The molecule has 0 aliphatic carbocycles. The third-order valence-corrected chi connectivity index (χ3v) is 3.40. The quantitative estimate of drug-likeness (QED) is 0.808. The monoisotopic (exact) mass is 215 g/mol. The molecule has 1 aromatic rings. The lowest BCUT2D eigenvalue weighted by atomic mass is 9.83. The number of hydrogen-bond donors (Lipinski definition) is 1. The molecule has 0 saturated carbocycles. The van der Waals surface area contributed by atoms with Crippen molar-refractivity contribution in [1.29, 1.82) is 0 Å². The SMILES string of the molecule is Cc1cccc(C(C)(O)C2=CN=CC2)c1C. The molecule has 0 amide bonds. The van der Waals surface area contributed by atoms with Gasteiger partial charge in [-0.25, -0.2) is 0 Å². The number of aliphatic imine (C=N–C) groups is 1. The first-order chi connectivity index (χ1) is 7.53. The summed E-state index contributed by atoms with van der Waals surface area (Å²) in [4.78, 5) is 4.06. The van der Waals surface area contributed by atoms with Crippen LogP contribution in [0.5, 0.6) is 0 Å². The molecule has 1 unspecified atom stereocenters. The summed E-state index contributed by atoms with van der Waals surface area (Å²) in [5.74, 6) is 0. The molecular weight excluding hydrogens is 198 g/mol. The fourth-order valence-corrected chi connectivity index (χ4v) is 2.12. The maximum absolute atomic E-state index is 10.6. The van der Waals surface area contributed by atoms with Crippen molar-refractivity contribution in [3.05, 3.63) is 46.7 Å². The highest BCUT2D eigenvalue weighted by Crippen LogP contribution is 2.34. The Labute approximate surface area is 96.3 Å². The second-order valence-electron chi connectivity index (χ2n) is 4.51. The molecule has 1 atom stereocenters. The minimum atomic E-state index is -0.910. The smallest absolute Gasteiger partial charge is 0.110 e. The van der Waals surface area contributed by atoms with Gasteiger partial charge in [0, 0.05) is 18.8 Å². The van der Waals surface area contributed by atoms with Crippen LogP contribution >= 0.6 is 0 Å². The molecule has 2 nitrogen and oxygen atoms in total. The number of nitrogens with zero attached hydrogens (tertiary/aromatic N) is 1. The zero-order chi connectivity index (χ0) is 11.8. The van der Waals surface area contributed by atoms with Crippen molar-refractivity contribution in [1.82, 2.24) is 0 Å². The van der Waals surface area contributed by atoms with Gasteiger partial charge in [0.1, 0.15) is 5.60 Å². The summed E-state index contributed by atoms with van der Waals surface area (Å²) in [6.45, 7) is 5.96. The molecule has 1 aromatic carbocycles. The Hall–Kier alpha value is -1.41. The molecule has 2 rings (SSSR count). The highest BCUT2D eigenvalue weighted by Gasteiger charge is 2.30. The highest BCUT2D eigenvalue weighted by atomic mass is 16.3. The second kappa shape index (κ2) is 3.87. The Morgan fingerprint density at radius 2 is 2.06 bits per heavy atom. The van der Waals surface area contributed by atoms with Crippen molar-refractivity contribution in [2.45, 2.75) is 32.8 Å². The van der Waals surface area contributed by atoms with E-state index in [1.807, 2.05) is 25.3 Å². The number of benzene rings is 1. The van der Waals surface area contributed by atoms with Gasteiger partial charge in [-0.3, -0.25) is 4.99 Å². The molecule has 0 saturated heterocycles. The second-order valence-corrected chi connectivity index (χ2v) is 4.51. The maximum Gasteiger partial charge on any atom is 0.110 e. The summed E-state index contributed by atoms with van der Waals surface area (Å²) >= 11 is 0. The van der Waals surface area contributed by atoms with Crippen molar-refractivity contribution in [2.24, 2.45) is 4.99 Å². The first kappa shape index (κ1) is 11.1. The van der Waals surface area contributed by atoms with Gasteiger partial charge in [-0.1, -0.05) is 18.2 Å². The van der Waals surface area contributed by atoms with E-state index in [9.17, 15) is 5.11 Å². The minimum absolute atomic E-state index is 0.736. The fourth-order valence-electron chi connectivity index (χ4n) is 2.12. The van der Waals surface area contributed by atoms with Gasteiger partial charge < -0.3 is 5.11 Å². The normalized spacial score (nSPS) is 18.4. The van der Waals surface area contributed by atoms with E-state index >= 15 is 0 Å². The standard InChI is InChI=1S/C14H17NO/c1-10-5-4-6-13(11(10)2)14(3,16)12-7-8-15-9-12/h4-6,8-9,16H,7H2,1-3H3. The Morgan fingerprint density at radius 1 is 1.31 bits per heavy atom. The van der Waals surface area contributed by atoms with Gasteiger partial charge >= 0.3 is 0 Å². The molecule has 84 valence electrons. The Kier molecular flexibility index (Phi) is 2.68. The number of rotatable bonds is 2. The van der Waals surface area contributed by atoms with Gasteiger partial charge in [-0.2, -0.15) is 0 Å². The van der Waals surface area contributed by atoms with Crippen LogP contribution in [0.4, 0.5) is 0 Å². The highest BCUT2D eigenvalue weighted by molar-refractivity contribution is 5.67. The van der Waals surface area contributed by atoms with Crippen LogP contribution in [-0.2, 0) is 5.60 Å². The number of hydrogen-bond acceptors (Lipinski definition) is 2. The minimum Gasteiger partial charge on any atom is -0.381 e. The van der Waals surface area contributed by atoms with Crippen molar-refractivity contribution in [3.63, 3.8) is 0 Å². The van der Waals surface area contributed by atoms with Crippen LogP contribution in [-0.4, -0.2) is 11.3 Å². The van der Waals surface area contributed by atoms with Gasteiger partial charge in [0.25, 0.3) is 0 Å². The zero-order valence-corrected chi connectivity index (χ0v) is 9.99. The van der Waals surface area contributed by atoms with Gasteiger partial charge in [-0.15, -0.1) is 0 Å². The van der Waals surface area contributed by atoms with Crippen LogP contribution in [0.25, 0.3) is 0 Å². The van der Waals surface area contributed by atoms with Crippen LogP contribution in [0, 0.1) is 13.8 Å². The number of aryl methyl sites for hydroxylation is 1. The van der Waals surface area contributed by atoms with Crippen molar-refractivity contribution in [3.8, 4) is 0 Å². The molecule has 1 aliphatic rings. The van der Waals surface area contributed by atoms with E-state index in [0.717, 1.165) is 23.1 Å². The molecule has 0 fully saturated rings. The van der Waals surface area contributed by atoms with Crippen molar-refractivity contribution in [2.75, 3.05) is 0 Å². The summed E-state index contributed by atoms with van der Waals surface area (Å²) in [5.41, 5.74) is 3.38. The first-order valence-corrected chi connectivity index (χ1v) is 5.53. The van der Waals surface area contributed by atoms with E-state index in [0.29, 0.717) is 0 Å². The maximum atomic E-state index is 10.6. The van der Waals surface area contributed by atoms with E-state index in [2.05, 4.69) is 24.9 Å². The fraction of sp³-hybridized carbons (Fsp3) is 0.357. The van der Waals surface area contributed by atoms with Gasteiger partial charge in [0.05, 0.1) is 0 Å². The Bertz CT molecular complexity index is 470. The van der Waals surface area contributed by atoms with Gasteiger partial charge in [-0.05, 0) is 43.0 Å².